The van der Waals surface area contributed by atoms with Crippen LogP contribution >= 0.6 is 0 Å². The Labute approximate surface area is 144 Å². The van der Waals surface area contributed by atoms with Crippen molar-refractivity contribution in [2.75, 3.05) is 0 Å². The molecule has 7 heteroatoms. The van der Waals surface area contributed by atoms with E-state index in [1.807, 2.05) is 19.9 Å². The Hall–Kier alpha value is -2.83. The SMILES string of the molecule is Cc1cc(-c2cncc(F)c2)nc2c(C(=O)NC(C)C3CC3)ncn12. The van der Waals surface area contributed by atoms with Crippen molar-refractivity contribution in [1.82, 2.24) is 24.7 Å². The number of halogens is 1. The average molecular weight is 339 g/mol. The van der Waals surface area contributed by atoms with Gasteiger partial charge in [-0.15, -0.1) is 0 Å². The number of carbonyl (C=O) groups is 1. The normalized spacial score (nSPS) is 15.3. The van der Waals surface area contributed by atoms with Crippen LogP contribution < -0.4 is 5.32 Å². The predicted octanol–water partition coefficient (Wildman–Crippen LogP) is 2.77. The number of pyridine rings is 1. The van der Waals surface area contributed by atoms with E-state index in [0.717, 1.165) is 24.7 Å². The molecule has 0 aliphatic heterocycles. The summed E-state index contributed by atoms with van der Waals surface area (Å²) in [6, 6.07) is 3.32. The second-order valence-electron chi connectivity index (χ2n) is 6.56. The topological polar surface area (TPSA) is 72.2 Å². The predicted molar refractivity (Wildman–Crippen MR) is 90.6 cm³/mol. The summed E-state index contributed by atoms with van der Waals surface area (Å²) in [5.41, 5.74) is 2.71. The first-order chi connectivity index (χ1) is 12.0. The molecule has 1 atom stereocenters. The Balaban J connectivity index is 1.74. The summed E-state index contributed by atoms with van der Waals surface area (Å²) in [6.45, 7) is 3.90. The number of fused-ring (bicyclic) bond motifs is 1. The van der Waals surface area contributed by atoms with Crippen LogP contribution in [0.25, 0.3) is 16.9 Å². The van der Waals surface area contributed by atoms with E-state index >= 15 is 0 Å². The molecule has 3 aromatic rings. The first kappa shape index (κ1) is 15.7. The molecule has 0 spiro atoms. The standard InChI is InChI=1S/C18H18FN5O/c1-10-5-15(13-6-14(19)8-20-7-13)23-17-16(21-9-24(10)17)18(25)22-11(2)12-3-4-12/h5-9,11-12H,3-4H2,1-2H3,(H,22,25). The largest absolute Gasteiger partial charge is 0.348 e. The number of aromatic nitrogens is 4. The van der Waals surface area contributed by atoms with Gasteiger partial charge in [0.1, 0.15) is 12.1 Å². The number of hydrogen-bond donors (Lipinski definition) is 1. The van der Waals surface area contributed by atoms with Crippen molar-refractivity contribution in [2.45, 2.75) is 32.7 Å². The van der Waals surface area contributed by atoms with Crippen LogP contribution in [0.1, 0.15) is 35.9 Å². The van der Waals surface area contributed by atoms with Crippen LogP contribution in [0, 0.1) is 18.7 Å². The molecule has 6 nitrogen and oxygen atoms in total. The van der Waals surface area contributed by atoms with Gasteiger partial charge in [-0.25, -0.2) is 14.4 Å². The third-order valence-electron chi connectivity index (χ3n) is 4.60. The highest BCUT2D eigenvalue weighted by Crippen LogP contribution is 2.32. The Morgan fingerprint density at radius 1 is 1.36 bits per heavy atom. The summed E-state index contributed by atoms with van der Waals surface area (Å²) in [4.78, 5) is 25.2. The van der Waals surface area contributed by atoms with E-state index in [0.29, 0.717) is 22.8 Å². The van der Waals surface area contributed by atoms with Crippen molar-refractivity contribution in [1.29, 1.82) is 0 Å². The lowest BCUT2D eigenvalue weighted by Gasteiger charge is -2.11. The Morgan fingerprint density at radius 2 is 2.16 bits per heavy atom. The lowest BCUT2D eigenvalue weighted by molar-refractivity contribution is 0.0933. The molecule has 25 heavy (non-hydrogen) atoms. The quantitative estimate of drug-likeness (QED) is 0.793. The number of rotatable bonds is 4. The molecule has 1 fully saturated rings. The molecule has 3 heterocycles. The first-order valence-corrected chi connectivity index (χ1v) is 8.29. The van der Waals surface area contributed by atoms with E-state index in [1.165, 1.54) is 6.07 Å². The molecular weight excluding hydrogens is 321 g/mol. The summed E-state index contributed by atoms with van der Waals surface area (Å²) in [5, 5.41) is 3.00. The number of aryl methyl sites for hydroxylation is 1. The molecule has 128 valence electrons. The van der Waals surface area contributed by atoms with Gasteiger partial charge in [0.15, 0.2) is 11.3 Å². The lowest BCUT2D eigenvalue weighted by atomic mass is 10.2. The van der Waals surface area contributed by atoms with Gasteiger partial charge >= 0.3 is 0 Å². The van der Waals surface area contributed by atoms with Gasteiger partial charge < -0.3 is 5.32 Å². The minimum absolute atomic E-state index is 0.126. The second-order valence-corrected chi connectivity index (χ2v) is 6.56. The third-order valence-corrected chi connectivity index (χ3v) is 4.60. The number of imidazole rings is 1. The van der Waals surface area contributed by atoms with E-state index in [9.17, 15) is 9.18 Å². The van der Waals surface area contributed by atoms with Crippen molar-refractivity contribution in [2.24, 2.45) is 5.92 Å². The van der Waals surface area contributed by atoms with Crippen molar-refractivity contribution in [3.8, 4) is 11.3 Å². The maximum Gasteiger partial charge on any atom is 0.274 e. The van der Waals surface area contributed by atoms with Crippen molar-refractivity contribution < 1.29 is 9.18 Å². The summed E-state index contributed by atoms with van der Waals surface area (Å²) >= 11 is 0. The van der Waals surface area contributed by atoms with Crippen LogP contribution in [0.2, 0.25) is 0 Å². The highest BCUT2D eigenvalue weighted by atomic mass is 19.1. The smallest absolute Gasteiger partial charge is 0.274 e. The molecule has 0 aromatic carbocycles. The maximum atomic E-state index is 13.5. The molecule has 1 aliphatic carbocycles. The number of amides is 1. The van der Waals surface area contributed by atoms with Gasteiger partial charge in [0, 0.05) is 23.5 Å². The highest BCUT2D eigenvalue weighted by Gasteiger charge is 2.30. The van der Waals surface area contributed by atoms with Crippen LogP contribution in [0.3, 0.4) is 0 Å². The number of nitrogens with one attached hydrogen (secondary N) is 1. The zero-order valence-corrected chi connectivity index (χ0v) is 14.0. The zero-order chi connectivity index (χ0) is 17.6. The molecule has 1 aliphatic rings. The fraction of sp³-hybridized carbons (Fsp3) is 0.333. The van der Waals surface area contributed by atoms with Crippen molar-refractivity contribution >= 4 is 11.6 Å². The Morgan fingerprint density at radius 3 is 2.88 bits per heavy atom. The van der Waals surface area contributed by atoms with E-state index in [2.05, 4.69) is 20.3 Å². The van der Waals surface area contributed by atoms with Crippen LogP contribution in [-0.2, 0) is 0 Å². The highest BCUT2D eigenvalue weighted by molar-refractivity contribution is 5.98. The first-order valence-electron chi connectivity index (χ1n) is 8.29. The fourth-order valence-corrected chi connectivity index (χ4v) is 2.97. The van der Waals surface area contributed by atoms with Gasteiger partial charge in [-0.2, -0.15) is 0 Å². The van der Waals surface area contributed by atoms with E-state index in [1.54, 1.807) is 16.9 Å². The molecule has 1 amide bonds. The summed E-state index contributed by atoms with van der Waals surface area (Å²) in [5.74, 6) is -0.105. The number of nitrogens with zero attached hydrogens (tertiary/aromatic N) is 4. The second kappa shape index (κ2) is 5.91. The van der Waals surface area contributed by atoms with Crippen LogP contribution in [0.4, 0.5) is 4.39 Å². The maximum absolute atomic E-state index is 13.5. The lowest BCUT2D eigenvalue weighted by Crippen LogP contribution is -2.34. The molecule has 0 bridgehead atoms. The van der Waals surface area contributed by atoms with Gasteiger partial charge in [0.2, 0.25) is 0 Å². The van der Waals surface area contributed by atoms with Crippen LogP contribution in [0.5, 0.6) is 0 Å². The van der Waals surface area contributed by atoms with Crippen molar-refractivity contribution in [3.63, 3.8) is 0 Å². The fourth-order valence-electron chi connectivity index (χ4n) is 2.97. The van der Waals surface area contributed by atoms with E-state index in [4.69, 9.17) is 0 Å². The molecule has 1 saturated carbocycles. The zero-order valence-electron chi connectivity index (χ0n) is 14.0. The molecule has 0 saturated heterocycles. The average Bonchev–Trinajstić information content (AvgIpc) is 3.34. The van der Waals surface area contributed by atoms with E-state index < -0.39 is 5.82 Å². The van der Waals surface area contributed by atoms with Gasteiger partial charge in [-0.1, -0.05) is 0 Å². The van der Waals surface area contributed by atoms with Gasteiger partial charge in [-0.05, 0) is 44.7 Å². The van der Waals surface area contributed by atoms with Gasteiger partial charge in [0.25, 0.3) is 5.91 Å². The third kappa shape index (κ3) is 2.97. The molecule has 4 rings (SSSR count). The Bertz CT molecular complexity index is 963. The molecule has 1 N–H and O–H groups in total. The van der Waals surface area contributed by atoms with Crippen LogP contribution in [-0.4, -0.2) is 31.3 Å². The Kier molecular flexibility index (Phi) is 3.71. The number of hydrogen-bond acceptors (Lipinski definition) is 4. The van der Waals surface area contributed by atoms with E-state index in [-0.39, 0.29) is 17.6 Å². The minimum Gasteiger partial charge on any atom is -0.348 e. The molecular formula is C18H18FN5O. The number of carbonyl (C=O) groups excluding carboxylic acids is 1. The minimum atomic E-state index is -0.429. The summed E-state index contributed by atoms with van der Waals surface area (Å²) < 4.78 is 15.2. The summed E-state index contributed by atoms with van der Waals surface area (Å²) in [7, 11) is 0. The van der Waals surface area contributed by atoms with Crippen molar-refractivity contribution in [3.05, 3.63) is 48.1 Å². The van der Waals surface area contributed by atoms with Gasteiger partial charge in [-0.3, -0.25) is 14.2 Å². The monoisotopic (exact) mass is 339 g/mol. The summed E-state index contributed by atoms with van der Waals surface area (Å²) in [6.07, 6.45) is 6.58. The molecule has 3 aromatic heterocycles. The van der Waals surface area contributed by atoms with Crippen LogP contribution in [0.15, 0.2) is 30.9 Å². The molecule has 0 radical (unpaired) electrons. The molecule has 1 unspecified atom stereocenters. The van der Waals surface area contributed by atoms with Gasteiger partial charge in [0.05, 0.1) is 11.9 Å².